The van der Waals surface area contributed by atoms with E-state index in [-0.39, 0.29) is 11.2 Å². The molecule has 1 heteroatoms. The SMILES string of the molecule is CC(=O)c1ccc(C)cc1C(C)(C)C. The molecule has 76 valence electrons. The Bertz CT molecular complexity index is 356. The summed E-state index contributed by atoms with van der Waals surface area (Å²) in [5, 5.41) is 0. The number of hydrogen-bond donors (Lipinski definition) is 0. The van der Waals surface area contributed by atoms with E-state index in [9.17, 15) is 4.79 Å². The minimum absolute atomic E-state index is 0.0347. The van der Waals surface area contributed by atoms with Crippen molar-refractivity contribution < 1.29 is 4.79 Å². The summed E-state index contributed by atoms with van der Waals surface area (Å²) in [6.07, 6.45) is 0. The second-order valence-electron chi connectivity index (χ2n) is 4.86. The summed E-state index contributed by atoms with van der Waals surface area (Å²) in [4.78, 5) is 11.4. The van der Waals surface area contributed by atoms with E-state index >= 15 is 0 Å². The first-order chi connectivity index (χ1) is 6.32. The summed E-state index contributed by atoms with van der Waals surface area (Å²) in [5.41, 5.74) is 3.24. The fraction of sp³-hybridized carbons (Fsp3) is 0.462. The van der Waals surface area contributed by atoms with Crippen LogP contribution in [-0.4, -0.2) is 5.78 Å². The van der Waals surface area contributed by atoms with Crippen LogP contribution in [0.3, 0.4) is 0 Å². The highest BCUT2D eigenvalue weighted by Gasteiger charge is 2.19. The Balaban J connectivity index is 3.38. The van der Waals surface area contributed by atoms with Crippen LogP contribution in [0.4, 0.5) is 0 Å². The standard InChI is InChI=1S/C13H18O/c1-9-6-7-11(10(2)14)12(8-9)13(3,4)5/h6-8H,1-5H3. The van der Waals surface area contributed by atoms with Crippen molar-refractivity contribution in [3.8, 4) is 0 Å². The second kappa shape index (κ2) is 3.56. The molecule has 0 aliphatic heterocycles. The molecule has 0 N–H and O–H groups in total. The lowest BCUT2D eigenvalue weighted by Gasteiger charge is -2.22. The highest BCUT2D eigenvalue weighted by Crippen LogP contribution is 2.27. The maximum Gasteiger partial charge on any atom is 0.160 e. The number of aryl methyl sites for hydroxylation is 1. The zero-order chi connectivity index (χ0) is 10.9. The third-order valence-corrected chi connectivity index (χ3v) is 2.36. The quantitative estimate of drug-likeness (QED) is 0.619. The molecule has 0 fully saturated rings. The van der Waals surface area contributed by atoms with Gasteiger partial charge in [0.15, 0.2) is 5.78 Å². The van der Waals surface area contributed by atoms with E-state index in [1.54, 1.807) is 6.92 Å². The van der Waals surface area contributed by atoms with Gasteiger partial charge in [-0.05, 0) is 24.8 Å². The van der Waals surface area contributed by atoms with E-state index in [0.29, 0.717) is 0 Å². The van der Waals surface area contributed by atoms with Gasteiger partial charge >= 0.3 is 0 Å². The van der Waals surface area contributed by atoms with Gasteiger partial charge in [-0.25, -0.2) is 0 Å². The van der Waals surface area contributed by atoms with Gasteiger partial charge in [0.05, 0.1) is 0 Å². The van der Waals surface area contributed by atoms with Crippen LogP contribution in [0.15, 0.2) is 18.2 Å². The van der Waals surface area contributed by atoms with E-state index in [1.807, 2.05) is 12.1 Å². The van der Waals surface area contributed by atoms with Gasteiger partial charge in [0.25, 0.3) is 0 Å². The lowest BCUT2D eigenvalue weighted by atomic mass is 9.82. The van der Waals surface area contributed by atoms with Gasteiger partial charge in [0.1, 0.15) is 0 Å². The number of benzene rings is 1. The van der Waals surface area contributed by atoms with Crippen LogP contribution in [0.2, 0.25) is 0 Å². The molecule has 1 nitrogen and oxygen atoms in total. The van der Waals surface area contributed by atoms with Crippen LogP contribution in [0.5, 0.6) is 0 Å². The van der Waals surface area contributed by atoms with Crippen molar-refractivity contribution in [3.05, 3.63) is 34.9 Å². The Labute approximate surface area is 86.1 Å². The number of carbonyl (C=O) groups excluding carboxylic acids is 1. The first-order valence-corrected chi connectivity index (χ1v) is 4.94. The highest BCUT2D eigenvalue weighted by atomic mass is 16.1. The number of hydrogen-bond acceptors (Lipinski definition) is 1. The van der Waals surface area contributed by atoms with Gasteiger partial charge in [-0.3, -0.25) is 4.79 Å². The Morgan fingerprint density at radius 1 is 1.21 bits per heavy atom. The van der Waals surface area contributed by atoms with Crippen LogP contribution in [-0.2, 0) is 5.41 Å². The monoisotopic (exact) mass is 190 g/mol. The van der Waals surface area contributed by atoms with Crippen molar-refractivity contribution >= 4 is 5.78 Å². The van der Waals surface area contributed by atoms with Crippen molar-refractivity contribution in [2.75, 3.05) is 0 Å². The Hall–Kier alpha value is -1.11. The van der Waals surface area contributed by atoms with Crippen LogP contribution in [0, 0.1) is 6.92 Å². The molecular weight excluding hydrogens is 172 g/mol. The van der Waals surface area contributed by atoms with E-state index in [2.05, 4.69) is 33.8 Å². The minimum Gasteiger partial charge on any atom is -0.295 e. The van der Waals surface area contributed by atoms with Crippen LogP contribution < -0.4 is 0 Å². The zero-order valence-corrected chi connectivity index (χ0v) is 9.64. The Kier molecular flexibility index (Phi) is 2.79. The minimum atomic E-state index is 0.0347. The summed E-state index contributed by atoms with van der Waals surface area (Å²) in [7, 11) is 0. The van der Waals surface area contributed by atoms with E-state index in [1.165, 1.54) is 5.56 Å². The molecule has 0 amide bonds. The molecule has 0 aromatic heterocycles. The predicted molar refractivity (Wildman–Crippen MR) is 59.9 cm³/mol. The number of Topliss-reactive ketones (excluding diaryl/α,β-unsaturated/α-hetero) is 1. The molecule has 1 aromatic rings. The summed E-state index contributed by atoms with van der Waals surface area (Å²) in [5.74, 6) is 0.148. The zero-order valence-electron chi connectivity index (χ0n) is 9.64. The number of carbonyl (C=O) groups is 1. The smallest absolute Gasteiger partial charge is 0.160 e. The maximum absolute atomic E-state index is 11.4. The molecule has 0 bridgehead atoms. The van der Waals surface area contributed by atoms with Crippen molar-refractivity contribution in [3.63, 3.8) is 0 Å². The second-order valence-corrected chi connectivity index (χ2v) is 4.86. The van der Waals surface area contributed by atoms with Crippen LogP contribution in [0.1, 0.15) is 49.2 Å². The van der Waals surface area contributed by atoms with Crippen LogP contribution >= 0.6 is 0 Å². The summed E-state index contributed by atoms with van der Waals surface area (Å²) >= 11 is 0. The molecule has 0 unspecified atom stereocenters. The number of ketones is 1. The molecule has 14 heavy (non-hydrogen) atoms. The predicted octanol–water partition coefficient (Wildman–Crippen LogP) is 3.50. The first-order valence-electron chi connectivity index (χ1n) is 4.94. The molecule has 0 saturated heterocycles. The molecule has 1 aromatic carbocycles. The van der Waals surface area contributed by atoms with Crippen molar-refractivity contribution in [1.29, 1.82) is 0 Å². The Morgan fingerprint density at radius 2 is 1.79 bits per heavy atom. The molecule has 0 spiro atoms. The molecule has 0 atom stereocenters. The van der Waals surface area contributed by atoms with E-state index in [4.69, 9.17) is 0 Å². The van der Waals surface area contributed by atoms with E-state index in [0.717, 1.165) is 11.1 Å². The molecule has 0 saturated carbocycles. The molecular formula is C13H18O. The van der Waals surface area contributed by atoms with Crippen molar-refractivity contribution in [2.45, 2.75) is 40.0 Å². The largest absolute Gasteiger partial charge is 0.295 e. The van der Waals surface area contributed by atoms with Gasteiger partial charge in [-0.1, -0.05) is 44.5 Å². The topological polar surface area (TPSA) is 17.1 Å². The molecule has 1 rings (SSSR count). The fourth-order valence-electron chi connectivity index (χ4n) is 1.59. The highest BCUT2D eigenvalue weighted by molar-refractivity contribution is 5.96. The molecule has 0 aliphatic rings. The number of rotatable bonds is 1. The summed E-state index contributed by atoms with van der Waals surface area (Å²) < 4.78 is 0. The molecule has 0 heterocycles. The normalized spacial score (nSPS) is 11.5. The molecule has 0 radical (unpaired) electrons. The maximum atomic E-state index is 11.4. The lowest BCUT2D eigenvalue weighted by molar-refractivity contribution is 0.101. The van der Waals surface area contributed by atoms with Crippen LogP contribution in [0.25, 0.3) is 0 Å². The summed E-state index contributed by atoms with van der Waals surface area (Å²) in [6, 6.07) is 6.03. The average Bonchev–Trinajstić information content (AvgIpc) is 2.01. The third-order valence-electron chi connectivity index (χ3n) is 2.36. The van der Waals surface area contributed by atoms with Crippen molar-refractivity contribution in [2.24, 2.45) is 0 Å². The third kappa shape index (κ3) is 2.22. The Morgan fingerprint density at radius 3 is 2.21 bits per heavy atom. The summed E-state index contributed by atoms with van der Waals surface area (Å²) in [6.45, 7) is 10.1. The fourth-order valence-corrected chi connectivity index (χ4v) is 1.59. The van der Waals surface area contributed by atoms with Gasteiger partial charge < -0.3 is 0 Å². The average molecular weight is 190 g/mol. The van der Waals surface area contributed by atoms with Gasteiger partial charge in [-0.15, -0.1) is 0 Å². The van der Waals surface area contributed by atoms with Gasteiger partial charge in [-0.2, -0.15) is 0 Å². The molecule has 0 aliphatic carbocycles. The first kappa shape index (κ1) is 11.0. The lowest BCUT2D eigenvalue weighted by Crippen LogP contribution is -2.16. The van der Waals surface area contributed by atoms with Gasteiger partial charge in [0, 0.05) is 5.56 Å². The van der Waals surface area contributed by atoms with E-state index < -0.39 is 0 Å². The van der Waals surface area contributed by atoms with Crippen molar-refractivity contribution in [1.82, 2.24) is 0 Å². The van der Waals surface area contributed by atoms with Gasteiger partial charge in [0.2, 0.25) is 0 Å².